The van der Waals surface area contributed by atoms with Gasteiger partial charge in [0, 0.05) is 15.6 Å². The predicted octanol–water partition coefficient (Wildman–Crippen LogP) is 4.42. The zero-order chi connectivity index (χ0) is 16.8. The molecule has 3 rings (SSSR count). The van der Waals surface area contributed by atoms with Crippen LogP contribution in [0, 0.1) is 0 Å². The number of halogens is 1. The Morgan fingerprint density at radius 2 is 1.88 bits per heavy atom. The number of nitrogens with zero attached hydrogens (tertiary/aromatic N) is 2. The van der Waals surface area contributed by atoms with Gasteiger partial charge in [0.05, 0.1) is 24.2 Å². The maximum absolute atomic E-state index is 12.0. The monoisotopic (exact) mass is 401 g/mol. The number of nitrogens with one attached hydrogen (secondary N) is 1. The molecular weight excluding hydrogens is 386 g/mol. The minimum atomic E-state index is -0.0396. The van der Waals surface area contributed by atoms with Gasteiger partial charge < -0.3 is 5.32 Å². The highest BCUT2D eigenvalue weighted by Gasteiger charge is 2.06. The van der Waals surface area contributed by atoms with Crippen LogP contribution in [0.3, 0.4) is 0 Å². The quantitative estimate of drug-likeness (QED) is 0.621. The van der Waals surface area contributed by atoms with Crippen molar-refractivity contribution < 1.29 is 4.79 Å². The average molecular weight is 402 g/mol. The first-order valence-electron chi connectivity index (χ1n) is 7.44. The third kappa shape index (κ3) is 4.97. The van der Waals surface area contributed by atoms with Crippen LogP contribution in [0.15, 0.2) is 76.4 Å². The van der Waals surface area contributed by atoms with Gasteiger partial charge in [-0.1, -0.05) is 46.3 Å². The Labute approximate surface area is 153 Å². The van der Waals surface area contributed by atoms with E-state index in [0.717, 1.165) is 9.37 Å². The van der Waals surface area contributed by atoms with Crippen LogP contribution in [-0.2, 0) is 11.3 Å². The molecule has 3 aromatic rings. The summed E-state index contributed by atoms with van der Waals surface area (Å²) in [5.74, 6) is 0.327. The summed E-state index contributed by atoms with van der Waals surface area (Å²) in [6.07, 6.45) is 3.51. The fourth-order valence-electron chi connectivity index (χ4n) is 2.16. The number of carbonyl (C=O) groups is 1. The van der Waals surface area contributed by atoms with Crippen molar-refractivity contribution in [1.82, 2.24) is 9.78 Å². The molecule has 0 aliphatic heterocycles. The van der Waals surface area contributed by atoms with Crippen LogP contribution >= 0.6 is 27.7 Å². The summed E-state index contributed by atoms with van der Waals surface area (Å²) in [7, 11) is 0. The first-order valence-corrected chi connectivity index (χ1v) is 9.21. The van der Waals surface area contributed by atoms with E-state index in [1.165, 1.54) is 17.3 Å². The lowest BCUT2D eigenvalue weighted by Crippen LogP contribution is -2.13. The molecule has 0 fully saturated rings. The summed E-state index contributed by atoms with van der Waals surface area (Å²) in [5, 5.41) is 7.16. The van der Waals surface area contributed by atoms with Crippen molar-refractivity contribution in [3.63, 3.8) is 0 Å². The van der Waals surface area contributed by atoms with Crippen LogP contribution in [-0.4, -0.2) is 21.4 Å². The molecule has 122 valence electrons. The van der Waals surface area contributed by atoms with E-state index in [1.54, 1.807) is 6.20 Å². The molecular formula is C18H16BrN3OS. The smallest absolute Gasteiger partial charge is 0.234 e. The second-order valence-electron chi connectivity index (χ2n) is 5.20. The summed E-state index contributed by atoms with van der Waals surface area (Å²) >= 11 is 4.90. The summed E-state index contributed by atoms with van der Waals surface area (Å²) < 4.78 is 2.84. The van der Waals surface area contributed by atoms with Crippen LogP contribution in [0.1, 0.15) is 5.56 Å². The van der Waals surface area contributed by atoms with Gasteiger partial charge in [-0.25, -0.2) is 0 Å². The van der Waals surface area contributed by atoms with Crippen molar-refractivity contribution in [2.45, 2.75) is 11.4 Å². The summed E-state index contributed by atoms with van der Waals surface area (Å²) in [4.78, 5) is 13.1. The molecule has 1 N–H and O–H groups in total. The average Bonchev–Trinajstić information content (AvgIpc) is 3.02. The third-order valence-corrected chi connectivity index (χ3v) is 4.83. The van der Waals surface area contributed by atoms with E-state index in [9.17, 15) is 4.79 Å². The minimum absolute atomic E-state index is 0.0396. The van der Waals surface area contributed by atoms with Gasteiger partial charge in [-0.2, -0.15) is 5.10 Å². The minimum Gasteiger partial charge on any atom is -0.323 e. The fraction of sp³-hybridized carbons (Fsp3) is 0.111. The molecule has 1 amide bonds. The van der Waals surface area contributed by atoms with E-state index in [-0.39, 0.29) is 5.91 Å². The van der Waals surface area contributed by atoms with Gasteiger partial charge in [0.25, 0.3) is 0 Å². The lowest BCUT2D eigenvalue weighted by molar-refractivity contribution is -0.113. The van der Waals surface area contributed by atoms with Crippen molar-refractivity contribution in [2.24, 2.45) is 0 Å². The Bertz CT molecular complexity index is 803. The van der Waals surface area contributed by atoms with Crippen LogP contribution in [0.25, 0.3) is 0 Å². The number of anilines is 1. The van der Waals surface area contributed by atoms with Crippen LogP contribution in [0.4, 0.5) is 5.69 Å². The maximum Gasteiger partial charge on any atom is 0.234 e. The van der Waals surface area contributed by atoms with Gasteiger partial charge in [-0.3, -0.25) is 9.48 Å². The Kier molecular flexibility index (Phi) is 5.72. The highest BCUT2D eigenvalue weighted by molar-refractivity contribution is 9.10. The fourth-order valence-corrected chi connectivity index (χ4v) is 3.12. The molecule has 0 unspecified atom stereocenters. The number of amides is 1. The molecule has 0 radical (unpaired) electrons. The third-order valence-electron chi connectivity index (χ3n) is 3.29. The summed E-state index contributed by atoms with van der Waals surface area (Å²) in [6, 6.07) is 18.0. The Balaban J connectivity index is 1.50. The Morgan fingerprint density at radius 1 is 1.12 bits per heavy atom. The molecule has 0 aliphatic carbocycles. The van der Waals surface area contributed by atoms with Crippen LogP contribution < -0.4 is 5.32 Å². The number of rotatable bonds is 6. The van der Waals surface area contributed by atoms with Gasteiger partial charge in [0.1, 0.15) is 0 Å². The normalized spacial score (nSPS) is 10.5. The first kappa shape index (κ1) is 16.8. The van der Waals surface area contributed by atoms with Gasteiger partial charge in [0.2, 0.25) is 5.91 Å². The summed E-state index contributed by atoms with van der Waals surface area (Å²) in [6.45, 7) is 0.685. The highest BCUT2D eigenvalue weighted by atomic mass is 79.9. The molecule has 24 heavy (non-hydrogen) atoms. The van der Waals surface area contributed by atoms with E-state index in [2.05, 4.69) is 38.5 Å². The van der Waals surface area contributed by atoms with E-state index in [1.807, 2.05) is 53.3 Å². The second-order valence-corrected chi connectivity index (χ2v) is 7.17. The molecule has 0 aliphatic rings. The van der Waals surface area contributed by atoms with Crippen LogP contribution in [0.2, 0.25) is 0 Å². The lowest BCUT2D eigenvalue weighted by Gasteiger charge is -2.03. The molecule has 6 heteroatoms. The maximum atomic E-state index is 12.0. The van der Waals surface area contributed by atoms with Gasteiger partial charge in [-0.05, 0) is 29.8 Å². The van der Waals surface area contributed by atoms with E-state index >= 15 is 0 Å². The van der Waals surface area contributed by atoms with Crippen molar-refractivity contribution in [2.75, 3.05) is 11.1 Å². The van der Waals surface area contributed by atoms with Crippen molar-refractivity contribution in [3.8, 4) is 0 Å². The van der Waals surface area contributed by atoms with E-state index in [0.29, 0.717) is 18.0 Å². The van der Waals surface area contributed by atoms with Crippen molar-refractivity contribution in [3.05, 3.63) is 77.0 Å². The number of hydrogen-bond acceptors (Lipinski definition) is 3. The number of benzene rings is 2. The van der Waals surface area contributed by atoms with E-state index < -0.39 is 0 Å². The Morgan fingerprint density at radius 3 is 2.62 bits per heavy atom. The number of hydrogen-bond donors (Lipinski definition) is 1. The summed E-state index contributed by atoms with van der Waals surface area (Å²) in [5.41, 5.74) is 1.89. The zero-order valence-corrected chi connectivity index (χ0v) is 15.3. The lowest BCUT2D eigenvalue weighted by atomic mass is 10.2. The van der Waals surface area contributed by atoms with Gasteiger partial charge in [0.15, 0.2) is 0 Å². The molecule has 0 atom stereocenters. The van der Waals surface area contributed by atoms with E-state index in [4.69, 9.17) is 0 Å². The number of carbonyl (C=O) groups excluding carboxylic acids is 1. The topological polar surface area (TPSA) is 46.9 Å². The molecule has 0 saturated heterocycles. The van der Waals surface area contributed by atoms with Gasteiger partial charge >= 0.3 is 0 Å². The molecule has 2 aromatic carbocycles. The molecule has 1 heterocycles. The molecule has 0 saturated carbocycles. The molecule has 0 bridgehead atoms. The second kappa shape index (κ2) is 8.17. The zero-order valence-electron chi connectivity index (χ0n) is 12.9. The number of aromatic nitrogens is 2. The largest absolute Gasteiger partial charge is 0.323 e. The van der Waals surface area contributed by atoms with Crippen molar-refractivity contribution in [1.29, 1.82) is 0 Å². The first-order chi connectivity index (χ1) is 11.7. The van der Waals surface area contributed by atoms with Crippen molar-refractivity contribution >= 4 is 39.3 Å². The Hall–Kier alpha value is -2.05. The SMILES string of the molecule is O=C(CSc1ccc(Br)cc1)Nc1cnn(Cc2ccccc2)c1. The number of thioether (sulfide) groups is 1. The van der Waals surface area contributed by atoms with Gasteiger partial charge in [-0.15, -0.1) is 11.8 Å². The predicted molar refractivity (Wildman–Crippen MR) is 101 cm³/mol. The standard InChI is InChI=1S/C18H16BrN3OS/c19-15-6-8-17(9-7-15)24-13-18(23)21-16-10-20-22(12-16)11-14-4-2-1-3-5-14/h1-10,12H,11,13H2,(H,21,23). The molecule has 1 aromatic heterocycles. The van der Waals surface area contributed by atoms with Crippen LogP contribution in [0.5, 0.6) is 0 Å². The molecule has 4 nitrogen and oxygen atoms in total. The molecule has 0 spiro atoms. The highest BCUT2D eigenvalue weighted by Crippen LogP contribution is 2.20.